The third-order valence-corrected chi connectivity index (χ3v) is 6.19. The van der Waals surface area contributed by atoms with Crippen LogP contribution in [-0.4, -0.2) is 47.3 Å². The molecule has 0 amide bonds. The Bertz CT molecular complexity index is 548. The molecule has 0 radical (unpaired) electrons. The highest BCUT2D eigenvalue weighted by molar-refractivity contribution is 7.89. The fraction of sp³-hybridized carbons (Fsp3) is 0.786. The number of aryl methyl sites for hydroxylation is 1. The molecule has 1 aromatic heterocycles. The first-order valence-corrected chi connectivity index (χ1v) is 9.00. The number of aliphatic hydroxyl groups is 1. The zero-order valence-electron chi connectivity index (χ0n) is 12.8. The van der Waals surface area contributed by atoms with Crippen molar-refractivity contribution in [3.05, 3.63) is 12.4 Å². The summed E-state index contributed by atoms with van der Waals surface area (Å²) in [7, 11) is -1.81. The van der Waals surface area contributed by atoms with E-state index in [1.807, 2.05) is 0 Å². The topological polar surface area (TPSA) is 75.4 Å². The maximum atomic E-state index is 12.6. The lowest BCUT2D eigenvalue weighted by Crippen LogP contribution is -2.39. The molecule has 1 N–H and O–H groups in total. The molecule has 6 nitrogen and oxygen atoms in total. The Morgan fingerprint density at radius 3 is 2.67 bits per heavy atom. The van der Waals surface area contributed by atoms with Crippen LogP contribution in [0.15, 0.2) is 17.3 Å². The van der Waals surface area contributed by atoms with Gasteiger partial charge in [-0.3, -0.25) is 4.68 Å². The maximum Gasteiger partial charge on any atom is 0.246 e. The molecular weight excluding hydrogens is 290 g/mol. The molecule has 1 aromatic rings. The second kappa shape index (κ2) is 6.89. The molecule has 7 heteroatoms. The van der Waals surface area contributed by atoms with Crippen LogP contribution in [-0.2, 0) is 16.6 Å². The van der Waals surface area contributed by atoms with Gasteiger partial charge in [0.2, 0.25) is 10.0 Å². The Hall–Kier alpha value is -0.920. The fourth-order valence-electron chi connectivity index (χ4n) is 2.80. The Morgan fingerprint density at radius 2 is 2.05 bits per heavy atom. The van der Waals surface area contributed by atoms with E-state index in [-0.39, 0.29) is 17.5 Å². The van der Waals surface area contributed by atoms with Gasteiger partial charge in [0.05, 0.1) is 6.20 Å². The van der Waals surface area contributed by atoms with Gasteiger partial charge in [-0.05, 0) is 38.0 Å². The molecule has 21 heavy (non-hydrogen) atoms. The maximum absolute atomic E-state index is 12.6. The van der Waals surface area contributed by atoms with Gasteiger partial charge in [0, 0.05) is 32.4 Å². The SMILES string of the molecule is CC1CCC(N(C)S(=O)(=O)c2cnn(CCCO)c2)CC1. The molecule has 0 spiro atoms. The van der Waals surface area contributed by atoms with Crippen molar-refractivity contribution in [2.24, 2.45) is 5.92 Å². The highest BCUT2D eigenvalue weighted by Gasteiger charge is 2.31. The number of nitrogens with zero attached hydrogens (tertiary/aromatic N) is 3. The zero-order chi connectivity index (χ0) is 15.5. The first-order valence-electron chi connectivity index (χ1n) is 7.56. The summed E-state index contributed by atoms with van der Waals surface area (Å²) in [4.78, 5) is 0.238. The molecule has 1 aliphatic rings. The lowest BCUT2D eigenvalue weighted by Gasteiger charge is -2.32. The van der Waals surface area contributed by atoms with Crippen molar-refractivity contribution in [1.29, 1.82) is 0 Å². The monoisotopic (exact) mass is 315 g/mol. The average molecular weight is 315 g/mol. The highest BCUT2D eigenvalue weighted by atomic mass is 32.2. The molecule has 2 rings (SSSR count). The molecule has 1 saturated carbocycles. The molecular formula is C14H25N3O3S. The van der Waals surface area contributed by atoms with E-state index in [4.69, 9.17) is 5.11 Å². The van der Waals surface area contributed by atoms with Crippen LogP contribution in [0.25, 0.3) is 0 Å². The summed E-state index contributed by atoms with van der Waals surface area (Å²) < 4.78 is 28.3. The average Bonchev–Trinajstić information content (AvgIpc) is 2.94. The quantitative estimate of drug-likeness (QED) is 0.862. The van der Waals surface area contributed by atoms with Crippen molar-refractivity contribution in [2.75, 3.05) is 13.7 Å². The second-order valence-corrected chi connectivity index (χ2v) is 7.95. The second-order valence-electron chi connectivity index (χ2n) is 5.95. The Balaban J connectivity index is 2.07. The van der Waals surface area contributed by atoms with Gasteiger partial charge in [-0.15, -0.1) is 0 Å². The van der Waals surface area contributed by atoms with Gasteiger partial charge >= 0.3 is 0 Å². The Kier molecular flexibility index (Phi) is 5.40. The highest BCUT2D eigenvalue weighted by Crippen LogP contribution is 2.29. The number of sulfonamides is 1. The van der Waals surface area contributed by atoms with Gasteiger partial charge in [-0.2, -0.15) is 9.40 Å². The van der Waals surface area contributed by atoms with Gasteiger partial charge in [0.15, 0.2) is 0 Å². The van der Waals surface area contributed by atoms with Gasteiger partial charge in [0.25, 0.3) is 0 Å². The smallest absolute Gasteiger partial charge is 0.246 e. The van der Waals surface area contributed by atoms with E-state index >= 15 is 0 Å². The normalized spacial score (nSPS) is 23.6. The van der Waals surface area contributed by atoms with E-state index in [1.54, 1.807) is 17.9 Å². The Morgan fingerprint density at radius 1 is 1.38 bits per heavy atom. The summed E-state index contributed by atoms with van der Waals surface area (Å²) in [6, 6.07) is 0.0898. The van der Waals surface area contributed by atoms with Gasteiger partial charge in [-0.25, -0.2) is 8.42 Å². The minimum absolute atomic E-state index is 0.0715. The van der Waals surface area contributed by atoms with Crippen molar-refractivity contribution >= 4 is 10.0 Å². The largest absolute Gasteiger partial charge is 0.396 e. The molecule has 1 heterocycles. The third-order valence-electron chi connectivity index (χ3n) is 4.33. The van der Waals surface area contributed by atoms with Crippen LogP contribution < -0.4 is 0 Å². The van der Waals surface area contributed by atoms with Crippen LogP contribution in [0.3, 0.4) is 0 Å². The summed E-state index contributed by atoms with van der Waals surface area (Å²) >= 11 is 0. The molecule has 1 aliphatic carbocycles. The van der Waals surface area contributed by atoms with Crippen molar-refractivity contribution < 1.29 is 13.5 Å². The van der Waals surface area contributed by atoms with Crippen LogP contribution in [0.2, 0.25) is 0 Å². The third kappa shape index (κ3) is 3.84. The molecule has 120 valence electrons. The molecule has 1 fully saturated rings. The van der Waals surface area contributed by atoms with E-state index < -0.39 is 10.0 Å². The molecule has 0 saturated heterocycles. The molecule has 0 aliphatic heterocycles. The van der Waals surface area contributed by atoms with Crippen LogP contribution in [0.1, 0.15) is 39.0 Å². The van der Waals surface area contributed by atoms with E-state index in [2.05, 4.69) is 12.0 Å². The lowest BCUT2D eigenvalue weighted by atomic mass is 9.87. The molecule has 0 atom stereocenters. The number of hydrogen-bond donors (Lipinski definition) is 1. The van der Waals surface area contributed by atoms with Crippen molar-refractivity contribution in [3.8, 4) is 0 Å². The summed E-state index contributed by atoms with van der Waals surface area (Å²) in [6.07, 6.45) is 7.53. The summed E-state index contributed by atoms with van der Waals surface area (Å²) in [5.41, 5.74) is 0. The first-order chi connectivity index (χ1) is 9.95. The van der Waals surface area contributed by atoms with Crippen molar-refractivity contribution in [3.63, 3.8) is 0 Å². The van der Waals surface area contributed by atoms with E-state index in [0.717, 1.165) is 25.7 Å². The van der Waals surface area contributed by atoms with Gasteiger partial charge in [0.1, 0.15) is 4.90 Å². The number of hydrogen-bond acceptors (Lipinski definition) is 4. The molecule has 0 aromatic carbocycles. The fourth-order valence-corrected chi connectivity index (χ4v) is 4.17. The lowest BCUT2D eigenvalue weighted by molar-refractivity contribution is 0.246. The van der Waals surface area contributed by atoms with Crippen LogP contribution in [0.4, 0.5) is 0 Å². The molecule has 0 bridgehead atoms. The first kappa shape index (κ1) is 16.5. The summed E-state index contributed by atoms with van der Waals surface area (Å²) in [5.74, 6) is 0.693. The summed E-state index contributed by atoms with van der Waals surface area (Å²) in [6.45, 7) is 2.81. The van der Waals surface area contributed by atoms with Crippen LogP contribution >= 0.6 is 0 Å². The number of aromatic nitrogens is 2. The predicted octanol–water partition coefficient (Wildman–Crippen LogP) is 1.46. The number of rotatable bonds is 6. The van der Waals surface area contributed by atoms with Gasteiger partial charge < -0.3 is 5.11 Å². The zero-order valence-corrected chi connectivity index (χ0v) is 13.6. The van der Waals surface area contributed by atoms with Crippen LogP contribution in [0.5, 0.6) is 0 Å². The van der Waals surface area contributed by atoms with E-state index in [1.165, 1.54) is 10.5 Å². The predicted molar refractivity (Wildman–Crippen MR) is 80.3 cm³/mol. The Labute approximate surface area is 126 Å². The van der Waals surface area contributed by atoms with Crippen LogP contribution in [0, 0.1) is 5.92 Å². The van der Waals surface area contributed by atoms with Gasteiger partial charge in [-0.1, -0.05) is 6.92 Å². The standard InChI is InChI=1S/C14H25N3O3S/c1-12-4-6-13(7-5-12)16(2)21(19,20)14-10-15-17(11-14)8-3-9-18/h10-13,18H,3-9H2,1-2H3. The van der Waals surface area contributed by atoms with E-state index in [0.29, 0.717) is 18.9 Å². The number of aliphatic hydroxyl groups excluding tert-OH is 1. The van der Waals surface area contributed by atoms with Crippen molar-refractivity contribution in [1.82, 2.24) is 14.1 Å². The van der Waals surface area contributed by atoms with Crippen molar-refractivity contribution in [2.45, 2.75) is 56.5 Å². The molecule has 0 unspecified atom stereocenters. The minimum atomic E-state index is -3.47. The van der Waals surface area contributed by atoms with E-state index in [9.17, 15) is 8.42 Å². The summed E-state index contributed by atoms with van der Waals surface area (Å²) in [5, 5.41) is 12.9. The minimum Gasteiger partial charge on any atom is -0.396 e.